The number of halogens is 1. The number of hydrogen-bond donors (Lipinski definition) is 1. The van der Waals surface area contributed by atoms with E-state index in [0.29, 0.717) is 11.8 Å². The van der Waals surface area contributed by atoms with Crippen LogP contribution in [0.2, 0.25) is 0 Å². The van der Waals surface area contributed by atoms with E-state index in [0.717, 1.165) is 43.2 Å². The number of piperazine rings is 1. The number of aromatic nitrogens is 2. The summed E-state index contributed by atoms with van der Waals surface area (Å²) in [6, 6.07) is 14.4. The fraction of sp³-hybridized carbons (Fsp3) is 0.333. The van der Waals surface area contributed by atoms with Crippen LogP contribution in [0.15, 0.2) is 52.9 Å². The van der Waals surface area contributed by atoms with Gasteiger partial charge in [-0.15, -0.1) is 10.2 Å². The van der Waals surface area contributed by atoms with Crippen LogP contribution in [0.1, 0.15) is 18.9 Å². The Morgan fingerprint density at radius 2 is 1.71 bits per heavy atom. The monoisotopic (exact) mass is 383 g/mol. The second-order valence-electron chi connectivity index (χ2n) is 7.02. The van der Waals surface area contributed by atoms with Gasteiger partial charge < -0.3 is 19.0 Å². The van der Waals surface area contributed by atoms with Crippen molar-refractivity contribution in [2.45, 2.75) is 13.0 Å². The molecule has 146 valence electrons. The third-order valence-corrected chi connectivity index (χ3v) is 5.36. The molecule has 0 radical (unpaired) electrons. The number of quaternary nitrogens is 1. The van der Waals surface area contributed by atoms with Crippen molar-refractivity contribution in [1.82, 2.24) is 10.2 Å². The van der Waals surface area contributed by atoms with Crippen molar-refractivity contribution in [3.63, 3.8) is 0 Å². The maximum absolute atomic E-state index is 13.1. The van der Waals surface area contributed by atoms with E-state index in [2.05, 4.69) is 22.0 Å². The molecule has 1 N–H and O–H groups in total. The molecule has 4 rings (SSSR count). The van der Waals surface area contributed by atoms with Crippen LogP contribution in [0.4, 0.5) is 10.1 Å². The second-order valence-corrected chi connectivity index (χ2v) is 7.02. The topological polar surface area (TPSA) is 55.8 Å². The van der Waals surface area contributed by atoms with Crippen molar-refractivity contribution >= 4 is 5.69 Å². The van der Waals surface area contributed by atoms with Crippen LogP contribution < -0.4 is 14.5 Å². The van der Waals surface area contributed by atoms with Crippen LogP contribution in [0.25, 0.3) is 11.5 Å². The van der Waals surface area contributed by atoms with E-state index in [9.17, 15) is 4.39 Å². The lowest BCUT2D eigenvalue weighted by molar-refractivity contribution is -0.931. The summed E-state index contributed by atoms with van der Waals surface area (Å²) >= 11 is 0. The summed E-state index contributed by atoms with van der Waals surface area (Å²) in [7, 11) is 1.64. The molecule has 1 saturated heterocycles. The van der Waals surface area contributed by atoms with Crippen molar-refractivity contribution in [1.29, 1.82) is 0 Å². The summed E-state index contributed by atoms with van der Waals surface area (Å²) in [6.07, 6.45) is 0. The van der Waals surface area contributed by atoms with Crippen LogP contribution in [-0.4, -0.2) is 43.5 Å². The van der Waals surface area contributed by atoms with E-state index in [1.807, 2.05) is 36.4 Å². The molecule has 6 nitrogen and oxygen atoms in total. The third-order valence-electron chi connectivity index (χ3n) is 5.36. The zero-order valence-corrected chi connectivity index (χ0v) is 16.1. The molecule has 0 bridgehead atoms. The highest BCUT2D eigenvalue weighted by molar-refractivity contribution is 5.54. The molecule has 7 heteroatoms. The summed E-state index contributed by atoms with van der Waals surface area (Å²) in [5, 5.41) is 8.49. The number of benzene rings is 2. The van der Waals surface area contributed by atoms with Crippen LogP contribution in [-0.2, 0) is 0 Å². The highest BCUT2D eigenvalue weighted by Crippen LogP contribution is 2.22. The number of hydrogen-bond acceptors (Lipinski definition) is 5. The molecule has 1 aliphatic heterocycles. The van der Waals surface area contributed by atoms with Gasteiger partial charge in [-0.05, 0) is 55.5 Å². The van der Waals surface area contributed by atoms with E-state index < -0.39 is 0 Å². The van der Waals surface area contributed by atoms with Gasteiger partial charge in [0.05, 0.1) is 33.3 Å². The Labute approximate surface area is 163 Å². The lowest BCUT2D eigenvalue weighted by atomic mass is 10.2. The maximum Gasteiger partial charge on any atom is 0.274 e. The zero-order valence-electron chi connectivity index (χ0n) is 16.1. The van der Waals surface area contributed by atoms with Crippen molar-refractivity contribution in [3.05, 3.63) is 60.2 Å². The summed E-state index contributed by atoms with van der Waals surface area (Å²) in [4.78, 5) is 3.69. The molecule has 2 aromatic carbocycles. The van der Waals surface area contributed by atoms with Gasteiger partial charge in [0.25, 0.3) is 5.89 Å². The lowest BCUT2D eigenvalue weighted by Crippen LogP contribution is -3.14. The number of rotatable bonds is 5. The number of ether oxygens (including phenoxy) is 1. The van der Waals surface area contributed by atoms with E-state index in [4.69, 9.17) is 9.15 Å². The van der Waals surface area contributed by atoms with E-state index in [1.165, 1.54) is 17.0 Å². The molecule has 1 aromatic heterocycles. The average molecular weight is 383 g/mol. The van der Waals surface area contributed by atoms with Crippen molar-refractivity contribution in [2.24, 2.45) is 0 Å². The van der Waals surface area contributed by atoms with Gasteiger partial charge in [0.2, 0.25) is 5.89 Å². The normalized spacial score (nSPS) is 16.2. The van der Waals surface area contributed by atoms with Gasteiger partial charge >= 0.3 is 0 Å². The van der Waals surface area contributed by atoms with Gasteiger partial charge in [0, 0.05) is 11.3 Å². The molecule has 0 amide bonds. The third kappa shape index (κ3) is 3.84. The van der Waals surface area contributed by atoms with Gasteiger partial charge in [-0.25, -0.2) is 4.39 Å². The molecule has 2 heterocycles. The molecule has 3 aromatic rings. The van der Waals surface area contributed by atoms with Crippen molar-refractivity contribution < 1.29 is 18.4 Å². The first-order valence-corrected chi connectivity index (χ1v) is 9.47. The molecule has 1 atom stereocenters. The Morgan fingerprint density at radius 1 is 1.04 bits per heavy atom. The van der Waals surface area contributed by atoms with Crippen molar-refractivity contribution in [2.75, 3.05) is 38.2 Å². The predicted molar refractivity (Wildman–Crippen MR) is 104 cm³/mol. The average Bonchev–Trinajstić information content (AvgIpc) is 3.24. The summed E-state index contributed by atoms with van der Waals surface area (Å²) in [5.41, 5.74) is 1.94. The smallest absolute Gasteiger partial charge is 0.274 e. The second kappa shape index (κ2) is 7.98. The fourth-order valence-corrected chi connectivity index (χ4v) is 3.57. The van der Waals surface area contributed by atoms with Crippen LogP contribution in [0.5, 0.6) is 5.75 Å². The highest BCUT2D eigenvalue weighted by atomic mass is 19.1. The van der Waals surface area contributed by atoms with Gasteiger partial charge in [-0.2, -0.15) is 0 Å². The lowest BCUT2D eigenvalue weighted by Gasteiger charge is -2.35. The van der Waals surface area contributed by atoms with Crippen LogP contribution >= 0.6 is 0 Å². The molecule has 0 spiro atoms. The zero-order chi connectivity index (χ0) is 19.5. The number of anilines is 1. The molecule has 0 unspecified atom stereocenters. The minimum Gasteiger partial charge on any atom is -0.497 e. The molecule has 1 fully saturated rings. The largest absolute Gasteiger partial charge is 0.497 e. The summed E-state index contributed by atoms with van der Waals surface area (Å²) < 4.78 is 24.2. The quantitative estimate of drug-likeness (QED) is 0.733. The molecule has 1 aliphatic rings. The van der Waals surface area contributed by atoms with Gasteiger partial charge in [0.15, 0.2) is 6.04 Å². The van der Waals surface area contributed by atoms with E-state index in [-0.39, 0.29) is 11.9 Å². The fourth-order valence-electron chi connectivity index (χ4n) is 3.57. The number of nitrogens with zero attached hydrogens (tertiary/aromatic N) is 3. The van der Waals surface area contributed by atoms with Gasteiger partial charge in [-0.1, -0.05) is 0 Å². The predicted octanol–water partition coefficient (Wildman–Crippen LogP) is 2.35. The Morgan fingerprint density at radius 3 is 2.36 bits per heavy atom. The number of nitrogens with one attached hydrogen (secondary N) is 1. The molecule has 0 aliphatic carbocycles. The van der Waals surface area contributed by atoms with Crippen molar-refractivity contribution in [3.8, 4) is 17.2 Å². The highest BCUT2D eigenvalue weighted by Gasteiger charge is 2.29. The van der Waals surface area contributed by atoms with Crippen LogP contribution in [0.3, 0.4) is 0 Å². The Bertz CT molecular complexity index is 903. The van der Waals surface area contributed by atoms with Gasteiger partial charge in [-0.3, -0.25) is 0 Å². The summed E-state index contributed by atoms with van der Waals surface area (Å²) in [5.74, 6) is 1.76. The first-order valence-electron chi connectivity index (χ1n) is 9.47. The molecular weight excluding hydrogens is 359 g/mol. The number of methoxy groups -OCH3 is 1. The first kappa shape index (κ1) is 18.4. The van der Waals surface area contributed by atoms with Gasteiger partial charge in [0.1, 0.15) is 11.6 Å². The molecule has 28 heavy (non-hydrogen) atoms. The molecular formula is C21H24FN4O2+. The van der Waals surface area contributed by atoms with E-state index >= 15 is 0 Å². The van der Waals surface area contributed by atoms with Crippen LogP contribution in [0, 0.1) is 5.82 Å². The Kier molecular flexibility index (Phi) is 5.25. The Hall–Kier alpha value is -2.93. The SMILES string of the molecule is COc1ccc(-c2nnc([C@H](C)[NH+]3CCN(c4ccc(F)cc4)CC3)o2)cc1. The Balaban J connectivity index is 1.39. The maximum atomic E-state index is 13.1. The summed E-state index contributed by atoms with van der Waals surface area (Å²) in [6.45, 7) is 5.85. The minimum absolute atomic E-state index is 0.120. The standard InChI is InChI=1S/C21H23FN4O2/c1-15(20-23-24-21(28-20)16-3-9-19(27-2)10-4-16)25-11-13-26(14-12-25)18-7-5-17(22)6-8-18/h3-10,15H,11-14H2,1-2H3/p+1/t15-/m0/s1. The van der Waals surface area contributed by atoms with E-state index in [1.54, 1.807) is 7.11 Å². The molecule has 0 saturated carbocycles. The minimum atomic E-state index is -0.203. The first-order chi connectivity index (χ1) is 13.6.